The van der Waals surface area contributed by atoms with Gasteiger partial charge in [0.15, 0.2) is 0 Å². The first-order valence-corrected chi connectivity index (χ1v) is 11.7. The van der Waals surface area contributed by atoms with Crippen LogP contribution in [0.1, 0.15) is 19.4 Å². The molecule has 9 nitrogen and oxygen atoms in total. The summed E-state index contributed by atoms with van der Waals surface area (Å²) < 4.78 is 34.3. The molecule has 0 bridgehead atoms. The van der Waals surface area contributed by atoms with Crippen LogP contribution in [0.3, 0.4) is 0 Å². The average Bonchev–Trinajstić information content (AvgIpc) is 2.69. The van der Waals surface area contributed by atoms with E-state index >= 15 is 0 Å². The highest BCUT2D eigenvalue weighted by molar-refractivity contribution is 7.89. The number of hydrogen-bond donors (Lipinski definition) is 1. The molecule has 0 unspecified atom stereocenters. The summed E-state index contributed by atoms with van der Waals surface area (Å²) in [5.41, 5.74) is 0.121. The van der Waals surface area contributed by atoms with Crippen molar-refractivity contribution < 1.29 is 17.9 Å². The van der Waals surface area contributed by atoms with Crippen LogP contribution in [0.4, 0.5) is 5.69 Å². The minimum absolute atomic E-state index is 0.0107. The number of carbonyl (C=O) groups excluding carboxylic acids is 1. The van der Waals surface area contributed by atoms with Crippen molar-refractivity contribution in [2.24, 2.45) is 0 Å². The van der Waals surface area contributed by atoms with E-state index in [9.17, 15) is 18.0 Å². The predicted molar refractivity (Wildman–Crippen MR) is 117 cm³/mol. The molecule has 2 atom stereocenters. The van der Waals surface area contributed by atoms with Crippen molar-refractivity contribution in [2.75, 3.05) is 18.4 Å². The monoisotopic (exact) mass is 488 g/mol. The predicted octanol–water partition coefficient (Wildman–Crippen LogP) is 2.30. The summed E-state index contributed by atoms with van der Waals surface area (Å²) in [5.74, 6) is -0.575. The van der Waals surface area contributed by atoms with Gasteiger partial charge in [-0.2, -0.15) is 9.40 Å². The van der Waals surface area contributed by atoms with E-state index < -0.39 is 28.0 Å². The summed E-state index contributed by atoms with van der Waals surface area (Å²) in [5, 5.41) is 6.12. The lowest BCUT2D eigenvalue weighted by atomic mass is 10.2. The molecule has 31 heavy (non-hydrogen) atoms. The van der Waals surface area contributed by atoms with Crippen molar-refractivity contribution in [1.82, 2.24) is 14.1 Å². The van der Waals surface area contributed by atoms with Gasteiger partial charge in [-0.3, -0.25) is 9.59 Å². The van der Waals surface area contributed by atoms with Crippen molar-refractivity contribution in [3.63, 3.8) is 0 Å². The fraction of sp³-hybridized carbons (Fsp3) is 0.421. The summed E-state index contributed by atoms with van der Waals surface area (Å²) >= 11 is 11.5. The van der Waals surface area contributed by atoms with Crippen molar-refractivity contribution in [2.45, 2.75) is 44.4 Å². The number of benzene rings is 1. The number of aromatic nitrogens is 2. The van der Waals surface area contributed by atoms with Gasteiger partial charge in [0.05, 0.1) is 28.3 Å². The normalized spacial score (nSPS) is 19.9. The largest absolute Gasteiger partial charge is 0.373 e. The van der Waals surface area contributed by atoms with Crippen molar-refractivity contribution >= 4 is 44.8 Å². The molecule has 1 aliphatic rings. The standard InChI is InChI=1S/C19H22Cl2N4O5S/c1-11-4-5-14(23-17(26)10-25-19(27)18(21)15(20)7-22-25)6-16(11)31(28,29)24-8-12(2)30-13(3)9-24/h4-7,12-13H,8-10H2,1-3H3,(H,23,26)/t12-,13+. The van der Waals surface area contributed by atoms with Gasteiger partial charge in [0.1, 0.15) is 11.6 Å². The number of carbonyl (C=O) groups is 1. The SMILES string of the molecule is Cc1ccc(NC(=O)Cn2ncc(Cl)c(Cl)c2=O)cc1S(=O)(=O)N1C[C@@H](C)O[C@@H](C)C1. The fourth-order valence-electron chi connectivity index (χ4n) is 3.32. The van der Waals surface area contributed by atoms with Gasteiger partial charge in [-0.15, -0.1) is 0 Å². The van der Waals surface area contributed by atoms with Gasteiger partial charge in [0.2, 0.25) is 15.9 Å². The van der Waals surface area contributed by atoms with Crippen LogP contribution >= 0.6 is 23.2 Å². The Morgan fingerprint density at radius 3 is 2.55 bits per heavy atom. The minimum atomic E-state index is -3.79. The lowest BCUT2D eigenvalue weighted by Gasteiger charge is -2.34. The molecule has 1 aliphatic heterocycles. The van der Waals surface area contributed by atoms with Gasteiger partial charge in [0, 0.05) is 18.8 Å². The molecule has 1 amide bonds. The van der Waals surface area contributed by atoms with Crippen LogP contribution in [0.2, 0.25) is 10.0 Å². The number of anilines is 1. The third-order valence-corrected chi connectivity index (χ3v) is 7.43. The highest BCUT2D eigenvalue weighted by atomic mass is 35.5. The molecule has 1 N–H and O–H groups in total. The average molecular weight is 489 g/mol. The fourth-order valence-corrected chi connectivity index (χ4v) is 5.43. The molecular weight excluding hydrogens is 467 g/mol. The highest BCUT2D eigenvalue weighted by Gasteiger charge is 2.33. The first-order valence-electron chi connectivity index (χ1n) is 9.46. The Labute approximate surface area is 189 Å². The second-order valence-electron chi connectivity index (χ2n) is 7.38. The molecule has 2 heterocycles. The number of amides is 1. The van der Waals surface area contributed by atoms with E-state index in [0.717, 1.165) is 4.68 Å². The molecule has 1 fully saturated rings. The molecule has 1 aromatic carbocycles. The number of morpholine rings is 1. The van der Waals surface area contributed by atoms with Crippen molar-refractivity contribution in [3.8, 4) is 0 Å². The van der Waals surface area contributed by atoms with E-state index in [1.165, 1.54) is 16.6 Å². The Balaban J connectivity index is 1.82. The zero-order valence-electron chi connectivity index (χ0n) is 17.1. The molecule has 1 aromatic heterocycles. The third-order valence-electron chi connectivity index (χ3n) is 4.71. The molecule has 1 saturated heterocycles. The van der Waals surface area contributed by atoms with Crippen LogP contribution in [-0.4, -0.2) is 53.7 Å². The highest BCUT2D eigenvalue weighted by Crippen LogP contribution is 2.26. The summed E-state index contributed by atoms with van der Waals surface area (Å²) in [7, 11) is -3.79. The summed E-state index contributed by atoms with van der Waals surface area (Å²) in [4.78, 5) is 24.5. The van der Waals surface area contributed by atoms with Gasteiger partial charge >= 0.3 is 0 Å². The van der Waals surface area contributed by atoms with Crippen LogP contribution in [0, 0.1) is 6.92 Å². The maximum absolute atomic E-state index is 13.2. The minimum Gasteiger partial charge on any atom is -0.373 e. The van der Waals surface area contributed by atoms with Crippen LogP contribution in [-0.2, 0) is 26.1 Å². The number of ether oxygens (including phenoxy) is 1. The molecule has 0 saturated carbocycles. The smallest absolute Gasteiger partial charge is 0.287 e. The van der Waals surface area contributed by atoms with E-state index in [1.54, 1.807) is 19.1 Å². The van der Waals surface area contributed by atoms with E-state index in [4.69, 9.17) is 27.9 Å². The van der Waals surface area contributed by atoms with Gasteiger partial charge in [-0.25, -0.2) is 13.1 Å². The van der Waals surface area contributed by atoms with Gasteiger partial charge < -0.3 is 10.1 Å². The number of sulfonamides is 1. The summed E-state index contributed by atoms with van der Waals surface area (Å²) in [6, 6.07) is 4.60. The molecule has 0 spiro atoms. The number of rotatable bonds is 5. The van der Waals surface area contributed by atoms with E-state index in [-0.39, 0.29) is 45.9 Å². The lowest BCUT2D eigenvalue weighted by Crippen LogP contribution is -2.48. The van der Waals surface area contributed by atoms with Gasteiger partial charge in [-0.1, -0.05) is 29.3 Å². The Morgan fingerprint density at radius 2 is 1.90 bits per heavy atom. The zero-order chi connectivity index (χ0) is 22.9. The molecular formula is C19H22Cl2N4O5S. The molecule has 0 aliphatic carbocycles. The van der Waals surface area contributed by atoms with Crippen LogP contribution in [0.25, 0.3) is 0 Å². The van der Waals surface area contributed by atoms with Crippen molar-refractivity contribution in [3.05, 3.63) is 50.4 Å². The van der Waals surface area contributed by atoms with E-state index in [2.05, 4.69) is 10.4 Å². The van der Waals surface area contributed by atoms with Crippen molar-refractivity contribution in [1.29, 1.82) is 0 Å². The van der Waals surface area contributed by atoms with Gasteiger partial charge in [-0.05, 0) is 38.5 Å². The Hall–Kier alpha value is -1.98. The zero-order valence-corrected chi connectivity index (χ0v) is 19.5. The van der Waals surface area contributed by atoms with Crippen LogP contribution < -0.4 is 10.9 Å². The number of aryl methyl sites for hydroxylation is 1. The number of nitrogens with zero attached hydrogens (tertiary/aromatic N) is 3. The lowest BCUT2D eigenvalue weighted by molar-refractivity contribution is -0.117. The summed E-state index contributed by atoms with van der Waals surface area (Å²) in [6.07, 6.45) is 0.719. The first kappa shape index (κ1) is 23.7. The second kappa shape index (κ2) is 9.25. The maximum Gasteiger partial charge on any atom is 0.287 e. The molecule has 3 rings (SSSR count). The number of halogens is 2. The Kier molecular flexibility index (Phi) is 7.07. The first-order chi connectivity index (χ1) is 14.5. The molecule has 0 radical (unpaired) electrons. The van der Waals surface area contributed by atoms with E-state index in [0.29, 0.717) is 5.56 Å². The third kappa shape index (κ3) is 5.27. The topological polar surface area (TPSA) is 111 Å². The van der Waals surface area contributed by atoms with E-state index in [1.807, 2.05) is 13.8 Å². The maximum atomic E-state index is 13.2. The van der Waals surface area contributed by atoms with Crippen LogP contribution in [0.5, 0.6) is 0 Å². The summed E-state index contributed by atoms with van der Waals surface area (Å²) in [6.45, 7) is 5.40. The van der Waals surface area contributed by atoms with Crippen LogP contribution in [0.15, 0.2) is 34.1 Å². The Morgan fingerprint density at radius 1 is 1.26 bits per heavy atom. The number of nitrogens with one attached hydrogen (secondary N) is 1. The second-order valence-corrected chi connectivity index (χ2v) is 10.1. The molecule has 168 valence electrons. The number of hydrogen-bond acceptors (Lipinski definition) is 6. The molecule has 2 aromatic rings. The quantitative estimate of drug-likeness (QED) is 0.690. The van der Waals surface area contributed by atoms with Gasteiger partial charge in [0.25, 0.3) is 5.56 Å². The molecule has 12 heteroatoms. The Bertz CT molecular complexity index is 1160.